The fourth-order valence-electron chi connectivity index (χ4n) is 4.14. The van der Waals surface area contributed by atoms with Gasteiger partial charge in [-0.2, -0.15) is 0 Å². The molecule has 1 amide bonds. The summed E-state index contributed by atoms with van der Waals surface area (Å²) in [5.41, 5.74) is 1.04. The zero-order valence-corrected chi connectivity index (χ0v) is 21.1. The molecule has 188 valence electrons. The van der Waals surface area contributed by atoms with E-state index >= 15 is 0 Å². The fraction of sp³-hybridized carbons (Fsp3) is 0.240. The lowest BCUT2D eigenvalue weighted by Crippen LogP contribution is -2.40. The van der Waals surface area contributed by atoms with Crippen molar-refractivity contribution in [2.24, 2.45) is 0 Å². The highest BCUT2D eigenvalue weighted by Crippen LogP contribution is 2.30. The van der Waals surface area contributed by atoms with Crippen molar-refractivity contribution in [2.45, 2.75) is 30.6 Å². The number of amides is 1. The Hall–Kier alpha value is -3.57. The number of nitrogens with zero attached hydrogens (tertiary/aromatic N) is 2. The smallest absolute Gasteiger partial charge is 0.263 e. The highest BCUT2D eigenvalue weighted by atomic mass is 32.2. The number of aliphatic hydroxyl groups is 1. The third-order valence-electron chi connectivity index (χ3n) is 6.06. The van der Waals surface area contributed by atoms with E-state index in [0.717, 1.165) is 5.56 Å². The molecule has 0 bridgehead atoms. The van der Waals surface area contributed by atoms with Gasteiger partial charge >= 0.3 is 0 Å². The lowest BCUT2D eigenvalue weighted by Gasteiger charge is -2.33. The van der Waals surface area contributed by atoms with E-state index in [1.807, 2.05) is 0 Å². The Balaban J connectivity index is 1.40. The number of carbonyl (C=O) groups excluding carboxylic acids is 1. The number of hydrogen-bond donors (Lipinski definition) is 3. The summed E-state index contributed by atoms with van der Waals surface area (Å²) < 4.78 is 40.8. The molecule has 2 heterocycles. The number of carbonyl (C=O) groups is 1. The van der Waals surface area contributed by atoms with E-state index in [1.165, 1.54) is 48.7 Å². The molecule has 0 atom stereocenters. The first kappa shape index (κ1) is 25.5. The summed E-state index contributed by atoms with van der Waals surface area (Å²) in [6.07, 6.45) is 2.82. The maximum absolute atomic E-state index is 13.3. The molecule has 1 aromatic heterocycles. The zero-order valence-electron chi connectivity index (χ0n) is 19.4. The van der Waals surface area contributed by atoms with Crippen LogP contribution in [0.15, 0.2) is 76.3 Å². The molecule has 3 aromatic rings. The number of benzene rings is 2. The molecular formula is C25H25FN4O4S2. The molecule has 8 nitrogen and oxygen atoms in total. The van der Waals surface area contributed by atoms with Gasteiger partial charge in [0.2, 0.25) is 0 Å². The van der Waals surface area contributed by atoms with E-state index in [1.54, 1.807) is 34.5 Å². The van der Waals surface area contributed by atoms with Crippen LogP contribution in [0.1, 0.15) is 36.8 Å². The molecule has 0 spiro atoms. The van der Waals surface area contributed by atoms with Crippen LogP contribution >= 0.6 is 11.3 Å². The summed E-state index contributed by atoms with van der Waals surface area (Å²) >= 11 is 1.20. The van der Waals surface area contributed by atoms with E-state index < -0.39 is 21.7 Å². The Morgan fingerprint density at radius 3 is 2.33 bits per heavy atom. The van der Waals surface area contributed by atoms with Gasteiger partial charge in [-0.1, -0.05) is 12.1 Å². The monoisotopic (exact) mass is 528 g/mol. The molecule has 1 fully saturated rings. The van der Waals surface area contributed by atoms with E-state index in [-0.39, 0.29) is 27.9 Å². The number of nitrogens with one attached hydrogen (secondary N) is 2. The third-order valence-corrected chi connectivity index (χ3v) is 8.23. The number of halogens is 1. The largest absolute Gasteiger partial charge is 0.512 e. The molecule has 4 rings (SSSR count). The van der Waals surface area contributed by atoms with Gasteiger partial charge in [0.1, 0.15) is 17.1 Å². The van der Waals surface area contributed by atoms with Crippen molar-refractivity contribution in [3.05, 3.63) is 88.4 Å². The quantitative estimate of drug-likeness (QED) is 0.233. The number of aliphatic hydroxyl groups excluding tert-OH is 1. The first-order chi connectivity index (χ1) is 17.2. The molecule has 1 aliphatic rings. The van der Waals surface area contributed by atoms with Gasteiger partial charge in [0.15, 0.2) is 5.13 Å². The van der Waals surface area contributed by atoms with Crippen molar-refractivity contribution < 1.29 is 22.7 Å². The number of aromatic nitrogens is 1. The highest BCUT2D eigenvalue weighted by Gasteiger charge is 2.29. The second-order valence-corrected chi connectivity index (χ2v) is 11.0. The zero-order chi connectivity index (χ0) is 25.9. The molecule has 1 saturated heterocycles. The number of sulfonamides is 1. The van der Waals surface area contributed by atoms with Gasteiger partial charge in [0, 0.05) is 30.2 Å². The number of allylic oxidation sites excluding steroid dienone is 1. The molecule has 2 aromatic carbocycles. The Kier molecular flexibility index (Phi) is 7.51. The first-order valence-electron chi connectivity index (χ1n) is 11.2. The summed E-state index contributed by atoms with van der Waals surface area (Å²) in [5.74, 6) is -1.03. The lowest BCUT2D eigenvalue weighted by molar-refractivity contribution is -0.127. The second-order valence-electron chi connectivity index (χ2n) is 8.42. The van der Waals surface area contributed by atoms with Crippen LogP contribution in [0.4, 0.5) is 9.52 Å². The number of rotatable bonds is 7. The van der Waals surface area contributed by atoms with Crippen LogP contribution < -0.4 is 4.72 Å². The van der Waals surface area contributed by atoms with Gasteiger partial charge in [-0.25, -0.2) is 17.8 Å². The summed E-state index contributed by atoms with van der Waals surface area (Å²) in [6, 6.07) is 11.9. The van der Waals surface area contributed by atoms with E-state index in [4.69, 9.17) is 5.41 Å². The average molecular weight is 529 g/mol. The van der Waals surface area contributed by atoms with Crippen molar-refractivity contribution in [1.29, 1.82) is 5.41 Å². The molecule has 0 unspecified atom stereocenters. The number of piperidine rings is 1. The predicted octanol–water partition coefficient (Wildman–Crippen LogP) is 4.69. The molecule has 3 N–H and O–H groups in total. The standard InChI is InChI=1S/C25H25FN4O4S2/c1-16(31)22(23(27)19-2-6-20(26)7-3-19)24(32)30-13-10-18(11-14-30)17-4-8-21(9-5-17)36(33,34)29-25-28-12-15-35-25/h2-9,12,15,18,27,31H,10-11,13-14H2,1H3,(H,28,29)/b22-16+,27-23?. The summed E-state index contributed by atoms with van der Waals surface area (Å²) in [7, 11) is -3.73. The van der Waals surface area contributed by atoms with Crippen LogP contribution in [-0.2, 0) is 14.8 Å². The van der Waals surface area contributed by atoms with Crippen LogP contribution in [-0.4, -0.2) is 48.1 Å². The Labute approximate surface area is 212 Å². The first-order valence-corrected chi connectivity index (χ1v) is 13.6. The SMILES string of the molecule is C/C(O)=C(/C(=N)c1ccc(F)cc1)C(=O)N1CCC(c2ccc(S(=O)(=O)Nc3nccs3)cc2)CC1. The van der Waals surface area contributed by atoms with Gasteiger partial charge in [-0.3, -0.25) is 14.9 Å². The summed E-state index contributed by atoms with van der Waals surface area (Å²) in [5, 5.41) is 20.5. The van der Waals surface area contributed by atoms with Crippen LogP contribution in [0.2, 0.25) is 0 Å². The van der Waals surface area contributed by atoms with E-state index in [2.05, 4.69) is 9.71 Å². The normalized spacial score (nSPS) is 15.3. The molecule has 0 radical (unpaired) electrons. The number of hydrogen-bond acceptors (Lipinski definition) is 7. The van der Waals surface area contributed by atoms with Crippen molar-refractivity contribution >= 4 is 38.1 Å². The van der Waals surface area contributed by atoms with Crippen LogP contribution in [0.5, 0.6) is 0 Å². The summed E-state index contributed by atoms with van der Waals surface area (Å²) in [4.78, 5) is 18.8. The summed E-state index contributed by atoms with van der Waals surface area (Å²) in [6.45, 7) is 2.20. The van der Waals surface area contributed by atoms with Crippen LogP contribution in [0.25, 0.3) is 0 Å². The second kappa shape index (κ2) is 10.6. The molecular weight excluding hydrogens is 503 g/mol. The minimum Gasteiger partial charge on any atom is -0.512 e. The number of anilines is 1. The Bertz CT molecular complexity index is 1370. The fourth-order valence-corrected chi connectivity index (χ4v) is 5.93. The predicted molar refractivity (Wildman–Crippen MR) is 136 cm³/mol. The minimum atomic E-state index is -3.73. The maximum atomic E-state index is 13.3. The molecule has 0 aliphatic carbocycles. The number of thiazole rings is 1. The molecule has 1 aliphatic heterocycles. The Morgan fingerprint density at radius 1 is 1.14 bits per heavy atom. The average Bonchev–Trinajstić information content (AvgIpc) is 3.37. The van der Waals surface area contributed by atoms with Gasteiger partial charge in [-0.05, 0) is 67.6 Å². The van der Waals surface area contributed by atoms with Gasteiger partial charge < -0.3 is 10.0 Å². The van der Waals surface area contributed by atoms with Crippen molar-refractivity contribution in [2.75, 3.05) is 17.8 Å². The number of likely N-dealkylation sites (tertiary alicyclic amines) is 1. The molecule has 11 heteroatoms. The molecule has 0 saturated carbocycles. The topological polar surface area (TPSA) is 123 Å². The Morgan fingerprint density at radius 2 is 1.78 bits per heavy atom. The lowest BCUT2D eigenvalue weighted by atomic mass is 9.89. The van der Waals surface area contributed by atoms with Crippen LogP contribution in [0.3, 0.4) is 0 Å². The van der Waals surface area contributed by atoms with Crippen molar-refractivity contribution in [3.8, 4) is 0 Å². The highest BCUT2D eigenvalue weighted by molar-refractivity contribution is 7.93. The third kappa shape index (κ3) is 5.63. The van der Waals surface area contributed by atoms with Gasteiger partial charge in [0.25, 0.3) is 15.9 Å². The molecule has 36 heavy (non-hydrogen) atoms. The van der Waals surface area contributed by atoms with Gasteiger partial charge in [0.05, 0.1) is 10.6 Å². The van der Waals surface area contributed by atoms with Gasteiger partial charge in [-0.15, -0.1) is 11.3 Å². The van der Waals surface area contributed by atoms with Crippen molar-refractivity contribution in [1.82, 2.24) is 9.88 Å². The van der Waals surface area contributed by atoms with Crippen molar-refractivity contribution in [3.63, 3.8) is 0 Å². The maximum Gasteiger partial charge on any atom is 0.263 e. The van der Waals surface area contributed by atoms with E-state index in [9.17, 15) is 22.7 Å². The van der Waals surface area contributed by atoms with E-state index in [0.29, 0.717) is 36.6 Å². The minimum absolute atomic E-state index is 0.109. The van der Waals surface area contributed by atoms with Crippen LogP contribution in [0, 0.1) is 11.2 Å².